The molecule has 8 heteroatoms. The minimum Gasteiger partial charge on any atom is -0.493 e. The highest BCUT2D eigenvalue weighted by Crippen LogP contribution is 2.44. The number of piperidine rings is 1. The van der Waals surface area contributed by atoms with Gasteiger partial charge >= 0.3 is 0 Å². The molecule has 3 aromatic rings. The standard InChI is InChI=1S/C29H30Cl2N4O2/c1-3-37-27-10-6-5-9-24(27)29-34(23-15-16-26(25(31)19-23)33-17-7-4-8-18-33)28(20(2)36)32-35(29)22-13-11-21(30)12-14-22/h5-6,9-16,19,29H,3-4,7-8,17-18H2,1-2H3. The Labute approximate surface area is 228 Å². The molecule has 192 valence electrons. The van der Waals surface area contributed by atoms with Crippen molar-refractivity contribution in [3.8, 4) is 5.75 Å². The highest BCUT2D eigenvalue weighted by molar-refractivity contribution is 6.44. The number of rotatable bonds is 7. The third-order valence-corrected chi connectivity index (χ3v) is 7.27. The summed E-state index contributed by atoms with van der Waals surface area (Å²) in [6.07, 6.45) is 3.11. The zero-order chi connectivity index (χ0) is 25.9. The number of Topliss-reactive ketones (excluding diaryl/α,β-unsaturated/α-hetero) is 1. The zero-order valence-corrected chi connectivity index (χ0v) is 22.5. The molecule has 0 radical (unpaired) electrons. The molecule has 1 saturated heterocycles. The van der Waals surface area contributed by atoms with Crippen LogP contribution in [-0.4, -0.2) is 31.3 Å². The Morgan fingerprint density at radius 2 is 1.68 bits per heavy atom. The molecule has 1 atom stereocenters. The van der Waals surface area contributed by atoms with Crippen LogP contribution < -0.4 is 19.5 Å². The maximum absolute atomic E-state index is 13.0. The van der Waals surface area contributed by atoms with Gasteiger partial charge in [-0.25, -0.2) is 5.01 Å². The molecule has 3 aromatic carbocycles. The Balaban J connectivity index is 1.64. The highest BCUT2D eigenvalue weighted by atomic mass is 35.5. The number of hydrazone groups is 1. The van der Waals surface area contributed by atoms with Gasteiger partial charge in [0.15, 0.2) is 17.8 Å². The first-order valence-electron chi connectivity index (χ1n) is 12.7. The molecule has 0 spiro atoms. The number of nitrogens with zero attached hydrogens (tertiary/aromatic N) is 4. The van der Waals surface area contributed by atoms with Gasteiger partial charge in [-0.3, -0.25) is 9.69 Å². The highest BCUT2D eigenvalue weighted by Gasteiger charge is 2.40. The summed E-state index contributed by atoms with van der Waals surface area (Å²) in [5, 5.41) is 7.95. The van der Waals surface area contributed by atoms with E-state index in [0.717, 1.165) is 54.3 Å². The number of hydrogen-bond donors (Lipinski definition) is 0. The van der Waals surface area contributed by atoms with E-state index in [4.69, 9.17) is 33.0 Å². The molecule has 0 aliphatic carbocycles. The van der Waals surface area contributed by atoms with Crippen molar-refractivity contribution in [3.05, 3.63) is 82.3 Å². The van der Waals surface area contributed by atoms with Crippen LogP contribution in [0.1, 0.15) is 44.8 Å². The minimum absolute atomic E-state index is 0.147. The number of ether oxygens (including phenoxy) is 1. The van der Waals surface area contributed by atoms with E-state index >= 15 is 0 Å². The fourth-order valence-corrected chi connectivity index (χ4v) is 5.44. The topological polar surface area (TPSA) is 48.4 Å². The van der Waals surface area contributed by atoms with Crippen molar-refractivity contribution in [1.29, 1.82) is 0 Å². The lowest BCUT2D eigenvalue weighted by molar-refractivity contribution is -0.111. The van der Waals surface area contributed by atoms with Crippen LogP contribution in [0.15, 0.2) is 71.8 Å². The van der Waals surface area contributed by atoms with Crippen molar-refractivity contribution in [2.75, 3.05) is 34.5 Å². The third-order valence-electron chi connectivity index (χ3n) is 6.72. The summed E-state index contributed by atoms with van der Waals surface area (Å²) in [6, 6.07) is 21.3. The van der Waals surface area contributed by atoms with Crippen molar-refractivity contribution in [2.24, 2.45) is 5.10 Å². The summed E-state index contributed by atoms with van der Waals surface area (Å²) in [5.41, 5.74) is 3.49. The molecule has 5 rings (SSSR count). The fourth-order valence-electron chi connectivity index (χ4n) is 5.01. The molecule has 37 heavy (non-hydrogen) atoms. The van der Waals surface area contributed by atoms with Crippen LogP contribution in [0.4, 0.5) is 17.1 Å². The monoisotopic (exact) mass is 536 g/mol. The van der Waals surface area contributed by atoms with Gasteiger partial charge in [-0.15, -0.1) is 5.10 Å². The Bertz CT molecular complexity index is 1310. The lowest BCUT2D eigenvalue weighted by Crippen LogP contribution is -2.38. The van der Waals surface area contributed by atoms with Crippen molar-refractivity contribution in [3.63, 3.8) is 0 Å². The van der Waals surface area contributed by atoms with Gasteiger partial charge in [0, 0.05) is 36.3 Å². The quantitative estimate of drug-likeness (QED) is 0.316. The molecule has 2 aliphatic heterocycles. The molecule has 0 saturated carbocycles. The second-order valence-corrected chi connectivity index (χ2v) is 10.0. The Morgan fingerprint density at radius 3 is 2.35 bits per heavy atom. The predicted molar refractivity (Wildman–Crippen MR) is 152 cm³/mol. The van der Waals surface area contributed by atoms with E-state index in [1.54, 1.807) is 0 Å². The largest absolute Gasteiger partial charge is 0.493 e. The molecule has 1 unspecified atom stereocenters. The zero-order valence-electron chi connectivity index (χ0n) is 21.0. The summed E-state index contributed by atoms with van der Waals surface area (Å²) in [7, 11) is 0. The average Bonchev–Trinajstić information content (AvgIpc) is 3.31. The molecule has 0 N–H and O–H groups in total. The van der Waals surface area contributed by atoms with Gasteiger partial charge < -0.3 is 9.64 Å². The van der Waals surface area contributed by atoms with Gasteiger partial charge in [0.25, 0.3) is 0 Å². The fraction of sp³-hybridized carbons (Fsp3) is 0.310. The van der Waals surface area contributed by atoms with Gasteiger partial charge in [-0.05, 0) is 74.7 Å². The third kappa shape index (κ3) is 5.13. The van der Waals surface area contributed by atoms with E-state index in [-0.39, 0.29) is 5.78 Å². The van der Waals surface area contributed by atoms with Crippen LogP contribution in [0.25, 0.3) is 0 Å². The Hall–Kier alpha value is -3.22. The van der Waals surface area contributed by atoms with E-state index in [1.807, 2.05) is 77.5 Å². The summed E-state index contributed by atoms with van der Waals surface area (Å²) in [5.74, 6) is 0.912. The number of para-hydroxylation sites is 1. The van der Waals surface area contributed by atoms with Crippen LogP contribution in [-0.2, 0) is 4.79 Å². The van der Waals surface area contributed by atoms with E-state index in [1.165, 1.54) is 13.3 Å². The van der Waals surface area contributed by atoms with E-state index < -0.39 is 6.17 Å². The number of halogens is 2. The molecule has 2 heterocycles. The normalized spacial score (nSPS) is 17.7. The number of carbonyl (C=O) groups is 1. The van der Waals surface area contributed by atoms with E-state index in [0.29, 0.717) is 22.5 Å². The van der Waals surface area contributed by atoms with Crippen LogP contribution in [0.5, 0.6) is 5.75 Å². The predicted octanol–water partition coefficient (Wildman–Crippen LogP) is 7.31. The SMILES string of the molecule is CCOc1ccccc1C1N(c2ccc(Cl)cc2)N=C(C(C)=O)N1c1ccc(N2CCCCC2)c(Cl)c1. The molecule has 2 aliphatic rings. The molecule has 0 amide bonds. The Kier molecular flexibility index (Phi) is 7.58. The van der Waals surface area contributed by atoms with Crippen LogP contribution in [0.2, 0.25) is 10.0 Å². The summed E-state index contributed by atoms with van der Waals surface area (Å²) in [6.45, 7) is 6.00. The van der Waals surface area contributed by atoms with Crippen LogP contribution in [0.3, 0.4) is 0 Å². The average molecular weight is 537 g/mol. The number of amidine groups is 1. The first-order valence-corrected chi connectivity index (χ1v) is 13.4. The van der Waals surface area contributed by atoms with Gasteiger partial charge in [-0.2, -0.15) is 0 Å². The lowest BCUT2D eigenvalue weighted by atomic mass is 10.1. The lowest BCUT2D eigenvalue weighted by Gasteiger charge is -2.34. The first-order chi connectivity index (χ1) is 18.0. The molecule has 0 bridgehead atoms. The van der Waals surface area contributed by atoms with Crippen molar-refractivity contribution in [2.45, 2.75) is 39.3 Å². The maximum atomic E-state index is 13.0. The molecule has 1 fully saturated rings. The van der Waals surface area contributed by atoms with Crippen LogP contribution in [0, 0.1) is 0 Å². The number of benzene rings is 3. The van der Waals surface area contributed by atoms with Gasteiger partial charge in [0.2, 0.25) is 0 Å². The summed E-state index contributed by atoms with van der Waals surface area (Å²) >= 11 is 13.0. The van der Waals surface area contributed by atoms with E-state index in [2.05, 4.69) is 11.0 Å². The number of ketones is 1. The second kappa shape index (κ2) is 11.0. The minimum atomic E-state index is -0.472. The molecule has 0 aromatic heterocycles. The number of hydrogen-bond acceptors (Lipinski definition) is 6. The second-order valence-electron chi connectivity index (χ2n) is 9.20. The molecular weight excluding hydrogens is 507 g/mol. The first kappa shape index (κ1) is 25.4. The Morgan fingerprint density at radius 1 is 0.973 bits per heavy atom. The maximum Gasteiger partial charge on any atom is 0.198 e. The van der Waals surface area contributed by atoms with Crippen molar-refractivity contribution < 1.29 is 9.53 Å². The van der Waals surface area contributed by atoms with Gasteiger partial charge in [0.1, 0.15) is 5.75 Å². The van der Waals surface area contributed by atoms with E-state index in [9.17, 15) is 4.79 Å². The van der Waals surface area contributed by atoms with Crippen molar-refractivity contribution >= 4 is 51.9 Å². The number of anilines is 3. The van der Waals surface area contributed by atoms with Crippen molar-refractivity contribution in [1.82, 2.24) is 0 Å². The molecular formula is C29H30Cl2N4O2. The van der Waals surface area contributed by atoms with Gasteiger partial charge in [0.05, 0.1) is 23.0 Å². The smallest absolute Gasteiger partial charge is 0.198 e. The summed E-state index contributed by atoms with van der Waals surface area (Å²) in [4.78, 5) is 17.2. The number of carbonyl (C=O) groups excluding carboxylic acids is 1. The van der Waals surface area contributed by atoms with Gasteiger partial charge in [-0.1, -0.05) is 41.4 Å². The summed E-state index contributed by atoms with van der Waals surface area (Å²) < 4.78 is 6.01. The van der Waals surface area contributed by atoms with Crippen LogP contribution >= 0.6 is 23.2 Å². The molecule has 6 nitrogen and oxygen atoms in total.